The van der Waals surface area contributed by atoms with Crippen LogP contribution < -0.4 is 0 Å². The van der Waals surface area contributed by atoms with Gasteiger partial charge in [-0.1, -0.05) is 19.3 Å². The second kappa shape index (κ2) is 10.0. The van der Waals surface area contributed by atoms with Crippen molar-refractivity contribution in [3.63, 3.8) is 0 Å². The van der Waals surface area contributed by atoms with Gasteiger partial charge in [-0.15, -0.1) is 0 Å². The summed E-state index contributed by atoms with van der Waals surface area (Å²) in [5, 5.41) is 0. The molecule has 0 aliphatic carbocycles. The van der Waals surface area contributed by atoms with E-state index in [1.165, 1.54) is 14.2 Å². The Labute approximate surface area is 125 Å². The van der Waals surface area contributed by atoms with Gasteiger partial charge in [0.25, 0.3) is 0 Å². The lowest BCUT2D eigenvalue weighted by atomic mass is 10.1. The van der Waals surface area contributed by atoms with Crippen molar-refractivity contribution in [2.45, 2.75) is 51.4 Å². The van der Waals surface area contributed by atoms with E-state index in [0.29, 0.717) is 12.2 Å². The van der Waals surface area contributed by atoms with Crippen molar-refractivity contribution in [2.24, 2.45) is 0 Å². The Morgan fingerprint density at radius 3 is 2.24 bits per heavy atom. The maximum absolute atomic E-state index is 11.1. The highest BCUT2D eigenvalue weighted by molar-refractivity contribution is 5.71. The van der Waals surface area contributed by atoms with Crippen molar-refractivity contribution in [1.82, 2.24) is 0 Å². The summed E-state index contributed by atoms with van der Waals surface area (Å²) in [6.45, 7) is 0. The van der Waals surface area contributed by atoms with Crippen LogP contribution in [0.3, 0.4) is 0 Å². The summed E-state index contributed by atoms with van der Waals surface area (Å²) in [4.78, 5) is 22.0. The Kier molecular flexibility index (Phi) is 8.24. The highest BCUT2D eigenvalue weighted by Gasteiger charge is 2.07. The van der Waals surface area contributed by atoms with Crippen molar-refractivity contribution >= 4 is 11.9 Å². The van der Waals surface area contributed by atoms with E-state index in [1.807, 2.05) is 12.1 Å². The Hall–Kier alpha value is -1.78. The molecule has 118 valence electrons. The van der Waals surface area contributed by atoms with E-state index < -0.39 is 0 Å². The van der Waals surface area contributed by atoms with E-state index in [9.17, 15) is 9.59 Å². The smallest absolute Gasteiger partial charge is 0.313 e. The zero-order chi connectivity index (χ0) is 15.5. The summed E-state index contributed by atoms with van der Waals surface area (Å²) < 4.78 is 14.7. The number of unbranched alkanes of at least 4 members (excludes halogenated alkanes) is 4. The number of ether oxygens (including phenoxy) is 2. The van der Waals surface area contributed by atoms with E-state index in [4.69, 9.17) is 4.42 Å². The molecule has 0 atom stereocenters. The molecule has 0 N–H and O–H groups in total. The fraction of sp³-hybridized carbons (Fsp3) is 0.625. The molecule has 5 nitrogen and oxygen atoms in total. The number of rotatable bonds is 10. The maximum atomic E-state index is 11.1. The monoisotopic (exact) mass is 296 g/mol. The molecule has 0 fully saturated rings. The van der Waals surface area contributed by atoms with Crippen LogP contribution in [0.15, 0.2) is 16.5 Å². The molecule has 0 saturated carbocycles. The molecule has 0 aliphatic heterocycles. The average molecular weight is 296 g/mol. The van der Waals surface area contributed by atoms with Crippen molar-refractivity contribution in [2.75, 3.05) is 14.2 Å². The number of furan rings is 1. The van der Waals surface area contributed by atoms with Gasteiger partial charge in [0.05, 0.1) is 14.2 Å². The molecule has 0 aliphatic rings. The molecule has 0 aromatic carbocycles. The maximum Gasteiger partial charge on any atom is 0.313 e. The molecule has 5 heteroatoms. The van der Waals surface area contributed by atoms with Crippen molar-refractivity contribution in [3.05, 3.63) is 23.7 Å². The van der Waals surface area contributed by atoms with Crippen LogP contribution in [-0.2, 0) is 31.9 Å². The third-order valence-electron chi connectivity index (χ3n) is 3.30. The van der Waals surface area contributed by atoms with Gasteiger partial charge in [-0.25, -0.2) is 0 Å². The van der Waals surface area contributed by atoms with Crippen LogP contribution in [0.2, 0.25) is 0 Å². The molecular formula is C16H24O5. The number of carbonyl (C=O) groups excluding carboxylic acids is 2. The molecule has 0 radical (unpaired) electrons. The van der Waals surface area contributed by atoms with Gasteiger partial charge in [0.15, 0.2) is 0 Å². The van der Waals surface area contributed by atoms with E-state index in [0.717, 1.165) is 44.3 Å². The molecule has 0 spiro atoms. The van der Waals surface area contributed by atoms with E-state index in [1.54, 1.807) is 0 Å². The standard InChI is InChI=1S/C16H24O5/c1-19-15(17)9-7-5-3-4-6-8-13-10-11-14(21-13)12-16(18)20-2/h10-11H,3-9,12H2,1-2H3. The zero-order valence-electron chi connectivity index (χ0n) is 12.9. The number of methoxy groups -OCH3 is 2. The topological polar surface area (TPSA) is 65.7 Å². The first kappa shape index (κ1) is 17.3. The number of esters is 2. The lowest BCUT2D eigenvalue weighted by Crippen LogP contribution is -2.03. The predicted molar refractivity (Wildman–Crippen MR) is 77.9 cm³/mol. The minimum Gasteiger partial charge on any atom is -0.469 e. The summed E-state index contributed by atoms with van der Waals surface area (Å²) in [5.41, 5.74) is 0. The summed E-state index contributed by atoms with van der Waals surface area (Å²) in [7, 11) is 2.78. The number of aryl methyl sites for hydroxylation is 1. The molecule has 21 heavy (non-hydrogen) atoms. The van der Waals surface area contributed by atoms with Crippen LogP contribution in [-0.4, -0.2) is 26.2 Å². The molecule has 0 amide bonds. The first-order chi connectivity index (χ1) is 10.2. The third-order valence-corrected chi connectivity index (χ3v) is 3.30. The average Bonchev–Trinajstić information content (AvgIpc) is 2.93. The highest BCUT2D eigenvalue weighted by atomic mass is 16.5. The lowest BCUT2D eigenvalue weighted by molar-refractivity contribution is -0.141. The van der Waals surface area contributed by atoms with Gasteiger partial charge in [-0.3, -0.25) is 9.59 Å². The van der Waals surface area contributed by atoms with Crippen molar-refractivity contribution in [1.29, 1.82) is 0 Å². The summed E-state index contributed by atoms with van der Waals surface area (Å²) in [5.74, 6) is 1.13. The van der Waals surface area contributed by atoms with Gasteiger partial charge >= 0.3 is 11.9 Å². The summed E-state index contributed by atoms with van der Waals surface area (Å²) in [6.07, 6.45) is 6.75. The van der Waals surface area contributed by atoms with E-state index >= 15 is 0 Å². The Bertz CT molecular complexity index is 436. The van der Waals surface area contributed by atoms with Crippen molar-refractivity contribution in [3.8, 4) is 0 Å². The van der Waals surface area contributed by atoms with Crippen LogP contribution in [0, 0.1) is 0 Å². The molecule has 1 aromatic rings. The molecule has 0 bridgehead atoms. The third kappa shape index (κ3) is 7.54. The molecule has 1 aromatic heterocycles. The van der Waals surface area contributed by atoms with Crippen molar-refractivity contribution < 1.29 is 23.5 Å². The minimum atomic E-state index is -0.290. The largest absolute Gasteiger partial charge is 0.469 e. The number of hydrogen-bond donors (Lipinski definition) is 0. The van der Waals surface area contributed by atoms with Gasteiger partial charge in [-0.2, -0.15) is 0 Å². The van der Waals surface area contributed by atoms with Gasteiger partial charge in [0.1, 0.15) is 17.9 Å². The quantitative estimate of drug-likeness (QED) is 0.490. The van der Waals surface area contributed by atoms with Gasteiger partial charge in [0, 0.05) is 12.8 Å². The van der Waals surface area contributed by atoms with E-state index in [-0.39, 0.29) is 18.4 Å². The number of hydrogen-bond acceptors (Lipinski definition) is 5. The van der Waals surface area contributed by atoms with Crippen LogP contribution in [0.4, 0.5) is 0 Å². The fourth-order valence-electron chi connectivity index (χ4n) is 2.07. The number of carbonyl (C=O) groups is 2. The first-order valence-electron chi connectivity index (χ1n) is 7.37. The van der Waals surface area contributed by atoms with Crippen LogP contribution >= 0.6 is 0 Å². The van der Waals surface area contributed by atoms with Gasteiger partial charge in [-0.05, 0) is 25.0 Å². The Balaban J connectivity index is 2.08. The lowest BCUT2D eigenvalue weighted by Gasteiger charge is -2.01. The Morgan fingerprint density at radius 2 is 1.52 bits per heavy atom. The van der Waals surface area contributed by atoms with Crippen LogP contribution in [0.25, 0.3) is 0 Å². The van der Waals surface area contributed by atoms with Crippen LogP contribution in [0.5, 0.6) is 0 Å². The van der Waals surface area contributed by atoms with E-state index in [2.05, 4.69) is 9.47 Å². The molecular weight excluding hydrogens is 272 g/mol. The normalized spacial score (nSPS) is 10.4. The zero-order valence-corrected chi connectivity index (χ0v) is 12.9. The SMILES string of the molecule is COC(=O)CCCCCCCc1ccc(CC(=O)OC)o1. The minimum absolute atomic E-state index is 0.135. The molecule has 0 unspecified atom stereocenters. The fourth-order valence-corrected chi connectivity index (χ4v) is 2.07. The van der Waals surface area contributed by atoms with Crippen LogP contribution in [0.1, 0.15) is 50.0 Å². The summed E-state index contributed by atoms with van der Waals surface area (Å²) in [6, 6.07) is 3.73. The Morgan fingerprint density at radius 1 is 0.905 bits per heavy atom. The predicted octanol–water partition coefficient (Wildman–Crippen LogP) is 3.05. The molecule has 1 heterocycles. The summed E-state index contributed by atoms with van der Waals surface area (Å²) >= 11 is 0. The molecule has 1 rings (SSSR count). The highest BCUT2D eigenvalue weighted by Crippen LogP contribution is 2.14. The van der Waals surface area contributed by atoms with Gasteiger partial charge < -0.3 is 13.9 Å². The second-order valence-corrected chi connectivity index (χ2v) is 4.96. The van der Waals surface area contributed by atoms with Gasteiger partial charge in [0.2, 0.25) is 0 Å². The second-order valence-electron chi connectivity index (χ2n) is 4.96. The first-order valence-corrected chi connectivity index (χ1v) is 7.37. The molecule has 0 saturated heterocycles.